The van der Waals surface area contributed by atoms with Crippen LogP contribution < -0.4 is 5.32 Å². The summed E-state index contributed by atoms with van der Waals surface area (Å²) in [6.07, 6.45) is -0.670. The number of nitrogens with zero attached hydrogens (tertiary/aromatic N) is 4. The minimum atomic E-state index is -1.13. The molecule has 1 atom stereocenters. The van der Waals surface area contributed by atoms with Gasteiger partial charge in [-0.05, 0) is 46.2 Å². The van der Waals surface area contributed by atoms with Crippen molar-refractivity contribution in [3.05, 3.63) is 41.6 Å². The van der Waals surface area contributed by atoms with Gasteiger partial charge in [-0.15, -0.1) is 0 Å². The molecule has 1 aromatic heterocycles. The summed E-state index contributed by atoms with van der Waals surface area (Å²) in [5.74, 6) is -3.77. The van der Waals surface area contributed by atoms with Crippen molar-refractivity contribution in [3.8, 4) is 0 Å². The van der Waals surface area contributed by atoms with E-state index >= 15 is 0 Å². The first-order chi connectivity index (χ1) is 21.3. The first-order valence-electron chi connectivity index (χ1n) is 14.9. The smallest absolute Gasteiger partial charge is 0.409 e. The molecule has 0 bridgehead atoms. The van der Waals surface area contributed by atoms with Gasteiger partial charge < -0.3 is 34.6 Å². The van der Waals surface area contributed by atoms with Gasteiger partial charge in [0, 0.05) is 51.1 Å². The molecule has 2 N–H and O–H groups in total. The van der Waals surface area contributed by atoms with Crippen molar-refractivity contribution in [1.82, 2.24) is 25.0 Å². The molecule has 0 spiro atoms. The van der Waals surface area contributed by atoms with Gasteiger partial charge in [-0.2, -0.15) is 0 Å². The highest BCUT2D eigenvalue weighted by molar-refractivity contribution is 6.09. The number of piperazine rings is 1. The van der Waals surface area contributed by atoms with Crippen LogP contribution in [0.15, 0.2) is 30.3 Å². The quantitative estimate of drug-likeness (QED) is 0.392. The van der Waals surface area contributed by atoms with E-state index in [1.807, 2.05) is 0 Å². The molecule has 4 rings (SSSR count). The number of ether oxygens (including phenoxy) is 2. The number of carbonyl (C=O) groups excluding carboxylic acids is 5. The predicted octanol–water partition coefficient (Wildman–Crippen LogP) is 1.91. The Morgan fingerprint density at radius 2 is 1.64 bits per heavy atom. The molecule has 242 valence electrons. The zero-order valence-corrected chi connectivity index (χ0v) is 25.9. The monoisotopic (exact) mass is 625 g/mol. The lowest BCUT2D eigenvalue weighted by Crippen LogP contribution is -2.56. The van der Waals surface area contributed by atoms with E-state index in [1.54, 1.807) is 52.0 Å². The number of esters is 1. The van der Waals surface area contributed by atoms with E-state index in [0.717, 1.165) is 0 Å². The second-order valence-electron chi connectivity index (χ2n) is 12.0. The largest absolute Gasteiger partial charge is 0.481 e. The molecular weight excluding hydrogens is 586 g/mol. The number of likely N-dealkylation sites (tertiary alicyclic amines) is 1. The van der Waals surface area contributed by atoms with Gasteiger partial charge in [0.2, 0.25) is 5.91 Å². The van der Waals surface area contributed by atoms with Gasteiger partial charge >= 0.3 is 18.0 Å². The first kappa shape index (κ1) is 33.1. The maximum Gasteiger partial charge on any atom is 0.409 e. The molecular formula is C31H39N5O9. The van der Waals surface area contributed by atoms with E-state index < -0.39 is 53.3 Å². The molecule has 1 aromatic carbocycles. The van der Waals surface area contributed by atoms with Crippen molar-refractivity contribution < 1.29 is 43.3 Å². The van der Waals surface area contributed by atoms with Crippen molar-refractivity contribution in [2.45, 2.75) is 52.2 Å². The number of fused-ring (bicyclic) bond motifs is 1. The number of carboxylic acid groups (broad SMARTS) is 1. The van der Waals surface area contributed by atoms with E-state index in [-0.39, 0.29) is 70.0 Å². The van der Waals surface area contributed by atoms with Crippen molar-refractivity contribution in [1.29, 1.82) is 0 Å². The Hall–Kier alpha value is -4.75. The van der Waals surface area contributed by atoms with E-state index in [2.05, 4.69) is 10.3 Å². The molecule has 2 saturated heterocycles. The SMILES string of the molecule is CCOC(=O)N1CCN(C(=O)[C@H](CCC(=O)OC(C)(C)C)NC(=O)c2cc(C(=O)N3CC(C(=O)O)C3)c3ccccc3n2)CC1. The minimum Gasteiger partial charge on any atom is -0.481 e. The van der Waals surface area contributed by atoms with Gasteiger partial charge in [-0.25, -0.2) is 9.78 Å². The van der Waals surface area contributed by atoms with Crippen LogP contribution in [0.5, 0.6) is 0 Å². The summed E-state index contributed by atoms with van der Waals surface area (Å²) >= 11 is 0. The third-order valence-corrected chi connectivity index (χ3v) is 7.48. The van der Waals surface area contributed by atoms with Crippen LogP contribution in [-0.4, -0.2) is 118 Å². The molecule has 0 saturated carbocycles. The van der Waals surface area contributed by atoms with E-state index in [0.29, 0.717) is 10.9 Å². The van der Waals surface area contributed by atoms with E-state index in [4.69, 9.17) is 9.47 Å². The first-order valence-corrected chi connectivity index (χ1v) is 14.9. The lowest BCUT2D eigenvalue weighted by atomic mass is 9.97. The summed E-state index contributed by atoms with van der Waals surface area (Å²) in [7, 11) is 0. The molecule has 0 aliphatic carbocycles. The maximum absolute atomic E-state index is 13.7. The highest BCUT2D eigenvalue weighted by Gasteiger charge is 2.37. The second kappa shape index (κ2) is 13.9. The van der Waals surface area contributed by atoms with Gasteiger partial charge in [0.25, 0.3) is 11.8 Å². The number of aromatic nitrogens is 1. The number of pyridine rings is 1. The topological polar surface area (TPSA) is 176 Å². The highest BCUT2D eigenvalue weighted by Crippen LogP contribution is 2.25. The molecule has 4 amide bonds. The summed E-state index contributed by atoms with van der Waals surface area (Å²) in [5.41, 5.74) is -0.297. The number of para-hydroxylation sites is 1. The van der Waals surface area contributed by atoms with Crippen LogP contribution in [0.1, 0.15) is 61.4 Å². The van der Waals surface area contributed by atoms with Crippen LogP contribution >= 0.6 is 0 Å². The average molecular weight is 626 g/mol. The Bertz CT molecular complexity index is 1470. The number of aliphatic carboxylic acids is 1. The number of amides is 4. The van der Waals surface area contributed by atoms with Crippen molar-refractivity contribution in [2.24, 2.45) is 5.92 Å². The van der Waals surface area contributed by atoms with Crippen LogP contribution in [0.25, 0.3) is 10.9 Å². The molecule has 45 heavy (non-hydrogen) atoms. The van der Waals surface area contributed by atoms with Crippen LogP contribution in [0.2, 0.25) is 0 Å². The Morgan fingerprint density at radius 1 is 1.00 bits per heavy atom. The van der Waals surface area contributed by atoms with Crippen molar-refractivity contribution >= 4 is 46.7 Å². The summed E-state index contributed by atoms with van der Waals surface area (Å²) in [6, 6.07) is 6.98. The van der Waals surface area contributed by atoms with Crippen LogP contribution in [0.4, 0.5) is 4.79 Å². The standard InChI is InChI=1S/C31H39N5O9/c1-5-44-30(43)35-14-12-34(13-15-35)28(40)23(10-11-25(37)45-31(2,3)4)33-26(38)24-16-21(20-8-6-7-9-22(20)32-24)27(39)36-17-19(18-36)29(41)42/h6-9,16,19,23H,5,10-15,17-18H2,1-4H3,(H,33,38)(H,41,42)/t23-/m0/s1. The molecule has 14 nitrogen and oxygen atoms in total. The summed E-state index contributed by atoms with van der Waals surface area (Å²) < 4.78 is 10.4. The Balaban J connectivity index is 1.55. The average Bonchev–Trinajstić information content (AvgIpc) is 2.96. The van der Waals surface area contributed by atoms with E-state index in [9.17, 15) is 33.9 Å². The van der Waals surface area contributed by atoms with E-state index in [1.165, 1.54) is 20.8 Å². The third-order valence-electron chi connectivity index (χ3n) is 7.48. The van der Waals surface area contributed by atoms with Crippen molar-refractivity contribution in [3.63, 3.8) is 0 Å². The summed E-state index contributed by atoms with van der Waals surface area (Å²) in [6.45, 7) is 8.12. The molecule has 2 aliphatic heterocycles. The number of hydrogen-bond donors (Lipinski definition) is 2. The van der Waals surface area contributed by atoms with Crippen LogP contribution in [-0.2, 0) is 23.9 Å². The molecule has 2 aromatic rings. The number of carboxylic acids is 1. The number of benzene rings is 1. The van der Waals surface area contributed by atoms with Crippen LogP contribution in [0.3, 0.4) is 0 Å². The number of nitrogens with one attached hydrogen (secondary N) is 1. The van der Waals surface area contributed by atoms with Gasteiger partial charge in [0.15, 0.2) is 0 Å². The third kappa shape index (κ3) is 8.25. The molecule has 2 fully saturated rings. The zero-order valence-electron chi connectivity index (χ0n) is 25.9. The number of hydrogen-bond acceptors (Lipinski definition) is 9. The Labute approximate surface area is 260 Å². The fourth-order valence-corrected chi connectivity index (χ4v) is 5.13. The van der Waals surface area contributed by atoms with Gasteiger partial charge in [-0.3, -0.25) is 24.0 Å². The van der Waals surface area contributed by atoms with Crippen LogP contribution in [0, 0.1) is 5.92 Å². The fourth-order valence-electron chi connectivity index (χ4n) is 5.13. The number of carbonyl (C=O) groups is 6. The predicted molar refractivity (Wildman–Crippen MR) is 160 cm³/mol. The fraction of sp³-hybridized carbons (Fsp3) is 0.516. The van der Waals surface area contributed by atoms with Gasteiger partial charge in [0.05, 0.1) is 23.6 Å². The number of rotatable bonds is 9. The molecule has 0 unspecified atom stereocenters. The maximum atomic E-state index is 13.7. The second-order valence-corrected chi connectivity index (χ2v) is 12.0. The van der Waals surface area contributed by atoms with Gasteiger partial charge in [0.1, 0.15) is 17.3 Å². The lowest BCUT2D eigenvalue weighted by molar-refractivity contribution is -0.155. The molecule has 14 heteroatoms. The van der Waals surface area contributed by atoms with Crippen molar-refractivity contribution in [2.75, 3.05) is 45.9 Å². The zero-order chi connectivity index (χ0) is 32.9. The molecule has 3 heterocycles. The normalized spacial score (nSPS) is 16.0. The van der Waals surface area contributed by atoms with Gasteiger partial charge in [-0.1, -0.05) is 18.2 Å². The molecule has 2 aliphatic rings. The molecule has 0 radical (unpaired) electrons. The Morgan fingerprint density at radius 3 is 2.27 bits per heavy atom. The summed E-state index contributed by atoms with van der Waals surface area (Å²) in [5, 5.41) is 12.4. The lowest BCUT2D eigenvalue weighted by Gasteiger charge is -2.37. The summed E-state index contributed by atoms with van der Waals surface area (Å²) in [4.78, 5) is 85.4. The Kier molecular flexibility index (Phi) is 10.2. The highest BCUT2D eigenvalue weighted by atomic mass is 16.6. The minimum absolute atomic E-state index is 0.0526.